The van der Waals surface area contributed by atoms with Crippen LogP contribution in [0.1, 0.15) is 22.8 Å². The lowest BCUT2D eigenvalue weighted by Crippen LogP contribution is -2.15. The lowest BCUT2D eigenvalue weighted by Gasteiger charge is -2.11. The number of nitrogens with one attached hydrogen (secondary N) is 1. The quantitative estimate of drug-likeness (QED) is 0.593. The van der Waals surface area contributed by atoms with E-state index in [1.807, 2.05) is 25.1 Å². The van der Waals surface area contributed by atoms with Crippen LogP contribution in [0.3, 0.4) is 0 Å². The maximum atomic E-state index is 12.2. The van der Waals surface area contributed by atoms with Gasteiger partial charge in [-0.05, 0) is 48.4 Å². The predicted octanol–water partition coefficient (Wildman–Crippen LogP) is 3.55. The Labute approximate surface area is 125 Å². The van der Waals surface area contributed by atoms with Crippen molar-refractivity contribution in [3.05, 3.63) is 52.0 Å². The van der Waals surface area contributed by atoms with Gasteiger partial charge in [0.1, 0.15) is 5.75 Å². The van der Waals surface area contributed by atoms with E-state index in [9.17, 15) is 9.90 Å². The Kier molecular flexibility index (Phi) is 4.29. The van der Waals surface area contributed by atoms with Crippen LogP contribution in [0.2, 0.25) is 0 Å². The zero-order chi connectivity index (χ0) is 14.7. The first-order valence-electron chi connectivity index (χ1n) is 6.19. The molecule has 4 nitrogen and oxygen atoms in total. The minimum atomic E-state index is -0.338. The number of rotatable bonds is 3. The molecule has 0 aliphatic rings. The summed E-state index contributed by atoms with van der Waals surface area (Å²) in [5.74, 6) is -0.328. The number of amides is 1. The molecule has 2 rings (SSSR count). The van der Waals surface area contributed by atoms with Crippen LogP contribution < -0.4 is 11.1 Å². The van der Waals surface area contributed by atoms with Gasteiger partial charge < -0.3 is 16.2 Å². The van der Waals surface area contributed by atoms with Crippen molar-refractivity contribution < 1.29 is 9.90 Å². The Morgan fingerprint density at radius 3 is 2.75 bits per heavy atom. The number of nitrogens with two attached hydrogens (primary N) is 1. The lowest BCUT2D eigenvalue weighted by atomic mass is 10.1. The molecule has 104 valence electrons. The van der Waals surface area contributed by atoms with Crippen LogP contribution in [0.5, 0.6) is 5.75 Å². The normalized spacial score (nSPS) is 10.3. The molecule has 2 aromatic carbocycles. The first-order chi connectivity index (χ1) is 9.51. The number of halogens is 1. The van der Waals surface area contributed by atoms with Crippen LogP contribution in [0, 0.1) is 0 Å². The summed E-state index contributed by atoms with van der Waals surface area (Å²) in [6.45, 7) is 2.01. The maximum Gasteiger partial charge on any atom is 0.257 e. The minimum Gasteiger partial charge on any atom is -0.508 e. The van der Waals surface area contributed by atoms with E-state index in [2.05, 4.69) is 21.2 Å². The summed E-state index contributed by atoms with van der Waals surface area (Å²) in [4.78, 5) is 12.2. The average Bonchev–Trinajstić information content (AvgIpc) is 2.43. The average molecular weight is 335 g/mol. The summed E-state index contributed by atoms with van der Waals surface area (Å²) in [6, 6.07) is 9.97. The molecule has 0 unspecified atom stereocenters. The molecule has 4 N–H and O–H groups in total. The van der Waals surface area contributed by atoms with Gasteiger partial charge in [-0.15, -0.1) is 0 Å². The number of aryl methyl sites for hydroxylation is 1. The Morgan fingerprint density at radius 1 is 1.30 bits per heavy atom. The highest BCUT2D eigenvalue weighted by Crippen LogP contribution is 2.24. The topological polar surface area (TPSA) is 75.3 Å². The van der Waals surface area contributed by atoms with Gasteiger partial charge in [0.05, 0.1) is 5.56 Å². The van der Waals surface area contributed by atoms with Crippen LogP contribution >= 0.6 is 15.9 Å². The Bertz CT molecular complexity index is 656. The molecule has 0 atom stereocenters. The highest BCUT2D eigenvalue weighted by Gasteiger charge is 2.12. The van der Waals surface area contributed by atoms with Gasteiger partial charge in [0.15, 0.2) is 0 Å². The highest BCUT2D eigenvalue weighted by molar-refractivity contribution is 9.10. The second-order valence-electron chi connectivity index (χ2n) is 4.38. The molecule has 5 heteroatoms. The molecule has 0 saturated heterocycles. The van der Waals surface area contributed by atoms with E-state index >= 15 is 0 Å². The second-order valence-corrected chi connectivity index (χ2v) is 5.30. The molecule has 0 radical (unpaired) electrons. The molecule has 2 aromatic rings. The van der Waals surface area contributed by atoms with Gasteiger partial charge >= 0.3 is 0 Å². The second kappa shape index (κ2) is 5.96. The number of nitrogen functional groups attached to an aromatic ring is 1. The molecule has 0 heterocycles. The van der Waals surface area contributed by atoms with E-state index in [-0.39, 0.29) is 17.2 Å². The van der Waals surface area contributed by atoms with Gasteiger partial charge in [-0.25, -0.2) is 0 Å². The van der Waals surface area contributed by atoms with Crippen molar-refractivity contribution in [3.63, 3.8) is 0 Å². The first-order valence-corrected chi connectivity index (χ1v) is 6.99. The van der Waals surface area contributed by atoms with Crippen molar-refractivity contribution in [2.75, 3.05) is 11.1 Å². The molecule has 0 aromatic heterocycles. The van der Waals surface area contributed by atoms with E-state index in [1.54, 1.807) is 0 Å². The summed E-state index contributed by atoms with van der Waals surface area (Å²) in [6.07, 6.45) is 0.796. The number of phenols is 1. The number of aromatic hydroxyl groups is 1. The van der Waals surface area contributed by atoms with Gasteiger partial charge in [0, 0.05) is 15.8 Å². The summed E-state index contributed by atoms with van der Waals surface area (Å²) in [5, 5.41) is 12.3. The van der Waals surface area contributed by atoms with Gasteiger partial charge in [-0.3, -0.25) is 4.79 Å². The zero-order valence-corrected chi connectivity index (χ0v) is 12.6. The Hall–Kier alpha value is -2.01. The van der Waals surface area contributed by atoms with Gasteiger partial charge in [-0.2, -0.15) is 0 Å². The molecule has 0 spiro atoms. The van der Waals surface area contributed by atoms with Crippen molar-refractivity contribution in [1.82, 2.24) is 0 Å². The summed E-state index contributed by atoms with van der Waals surface area (Å²) < 4.78 is 0.962. The van der Waals surface area contributed by atoms with Crippen molar-refractivity contribution in [2.24, 2.45) is 0 Å². The Morgan fingerprint density at radius 2 is 2.05 bits per heavy atom. The molecule has 0 aliphatic heterocycles. The van der Waals surface area contributed by atoms with Crippen molar-refractivity contribution >= 4 is 33.2 Å². The third-order valence-corrected chi connectivity index (χ3v) is 3.47. The fourth-order valence-corrected chi connectivity index (χ4v) is 2.32. The van der Waals surface area contributed by atoms with Crippen LogP contribution in [-0.4, -0.2) is 11.0 Å². The van der Waals surface area contributed by atoms with E-state index in [4.69, 9.17) is 5.73 Å². The number of hydrogen-bond acceptors (Lipinski definition) is 3. The third kappa shape index (κ3) is 3.11. The summed E-state index contributed by atoms with van der Waals surface area (Å²) in [7, 11) is 0. The molecule has 0 fully saturated rings. The Balaban J connectivity index is 2.30. The monoisotopic (exact) mass is 334 g/mol. The van der Waals surface area contributed by atoms with E-state index in [1.165, 1.54) is 18.2 Å². The van der Waals surface area contributed by atoms with Gasteiger partial charge in [0.2, 0.25) is 0 Å². The fraction of sp³-hybridized carbons (Fsp3) is 0.133. The minimum absolute atomic E-state index is 0.0101. The number of anilines is 2. The molecular weight excluding hydrogens is 320 g/mol. The predicted molar refractivity (Wildman–Crippen MR) is 84.0 cm³/mol. The van der Waals surface area contributed by atoms with E-state index in [0.717, 1.165) is 22.1 Å². The van der Waals surface area contributed by atoms with Crippen molar-refractivity contribution in [2.45, 2.75) is 13.3 Å². The van der Waals surface area contributed by atoms with Gasteiger partial charge in [-0.1, -0.05) is 22.9 Å². The summed E-state index contributed by atoms with van der Waals surface area (Å²) >= 11 is 3.40. The number of benzene rings is 2. The van der Waals surface area contributed by atoms with E-state index in [0.29, 0.717) is 5.69 Å². The summed E-state index contributed by atoms with van der Waals surface area (Å²) in [5.41, 5.74) is 8.11. The molecule has 20 heavy (non-hydrogen) atoms. The number of carbonyl (C=O) groups excluding carboxylic acids is 1. The van der Waals surface area contributed by atoms with Crippen molar-refractivity contribution in [1.29, 1.82) is 0 Å². The largest absolute Gasteiger partial charge is 0.508 e. The third-order valence-electron chi connectivity index (χ3n) is 2.98. The number of hydrogen-bond donors (Lipinski definition) is 3. The standard InChI is InChI=1S/C15H15BrN2O2/c1-2-9-7-10(16)3-6-14(9)18-15(20)12-8-11(19)4-5-13(12)17/h3-8,19H,2,17H2,1H3,(H,18,20). The maximum absolute atomic E-state index is 12.2. The number of carbonyl (C=O) groups is 1. The lowest BCUT2D eigenvalue weighted by molar-refractivity contribution is 0.102. The van der Waals surface area contributed by atoms with Crippen LogP contribution in [0.15, 0.2) is 40.9 Å². The molecular formula is C15H15BrN2O2. The molecule has 0 aliphatic carbocycles. The van der Waals surface area contributed by atoms with Crippen LogP contribution in [0.25, 0.3) is 0 Å². The van der Waals surface area contributed by atoms with E-state index < -0.39 is 0 Å². The number of phenolic OH excluding ortho intramolecular Hbond substituents is 1. The van der Waals surface area contributed by atoms with Crippen LogP contribution in [-0.2, 0) is 6.42 Å². The molecule has 1 amide bonds. The smallest absolute Gasteiger partial charge is 0.257 e. The first kappa shape index (κ1) is 14.4. The molecule has 0 bridgehead atoms. The zero-order valence-electron chi connectivity index (χ0n) is 11.0. The highest BCUT2D eigenvalue weighted by atomic mass is 79.9. The van der Waals surface area contributed by atoms with Crippen LogP contribution in [0.4, 0.5) is 11.4 Å². The SMILES string of the molecule is CCc1cc(Br)ccc1NC(=O)c1cc(O)ccc1N. The molecule has 0 saturated carbocycles. The van der Waals surface area contributed by atoms with Gasteiger partial charge in [0.25, 0.3) is 5.91 Å². The fourth-order valence-electron chi connectivity index (χ4n) is 1.91. The van der Waals surface area contributed by atoms with Crippen molar-refractivity contribution in [3.8, 4) is 5.75 Å².